The molecule has 0 atom stereocenters. The summed E-state index contributed by atoms with van der Waals surface area (Å²) in [5.74, 6) is 0.366. The van der Waals surface area contributed by atoms with Crippen LogP contribution in [0.1, 0.15) is 17.3 Å². The van der Waals surface area contributed by atoms with Crippen LogP contribution in [0.4, 0.5) is 11.5 Å². The largest absolute Gasteiger partial charge is 0.493 e. The van der Waals surface area contributed by atoms with Crippen molar-refractivity contribution in [1.29, 1.82) is 0 Å². The van der Waals surface area contributed by atoms with Crippen LogP contribution in [0, 0.1) is 0 Å². The van der Waals surface area contributed by atoms with E-state index in [2.05, 4.69) is 35.9 Å². The van der Waals surface area contributed by atoms with Gasteiger partial charge in [-0.1, -0.05) is 15.9 Å². The summed E-state index contributed by atoms with van der Waals surface area (Å²) in [5, 5.41) is 2.74. The van der Waals surface area contributed by atoms with Crippen molar-refractivity contribution < 1.29 is 22.7 Å². The van der Waals surface area contributed by atoms with Crippen LogP contribution in [-0.2, 0) is 10.0 Å². The van der Waals surface area contributed by atoms with Crippen LogP contribution >= 0.6 is 15.9 Å². The number of sulfonamides is 1. The first kappa shape index (κ1) is 22.5. The molecule has 2 N–H and O–H groups in total. The summed E-state index contributed by atoms with van der Waals surface area (Å²) >= 11 is 3.34. The Morgan fingerprint density at radius 2 is 1.84 bits per heavy atom. The van der Waals surface area contributed by atoms with Gasteiger partial charge in [-0.2, -0.15) is 0 Å². The molecule has 162 valence electrons. The topological polar surface area (TPSA) is 120 Å². The molecule has 31 heavy (non-hydrogen) atoms. The molecule has 1 aromatic heterocycles. The molecule has 0 unspecified atom stereocenters. The molecule has 0 spiro atoms. The van der Waals surface area contributed by atoms with E-state index in [4.69, 9.17) is 9.47 Å². The van der Waals surface area contributed by atoms with Crippen molar-refractivity contribution in [1.82, 2.24) is 9.97 Å². The third kappa shape index (κ3) is 5.70. The molecule has 3 aromatic rings. The van der Waals surface area contributed by atoms with E-state index < -0.39 is 10.0 Å². The van der Waals surface area contributed by atoms with Crippen LogP contribution in [0.3, 0.4) is 0 Å². The van der Waals surface area contributed by atoms with E-state index in [0.29, 0.717) is 23.6 Å². The highest BCUT2D eigenvalue weighted by atomic mass is 79.9. The average Bonchev–Trinajstić information content (AvgIpc) is 2.75. The van der Waals surface area contributed by atoms with Crippen LogP contribution < -0.4 is 19.5 Å². The molecular weight excluding hydrogens is 488 g/mol. The Morgan fingerprint density at radius 1 is 1.10 bits per heavy atom. The van der Waals surface area contributed by atoms with Gasteiger partial charge >= 0.3 is 0 Å². The van der Waals surface area contributed by atoms with Crippen LogP contribution in [0.15, 0.2) is 64.2 Å². The first-order valence-electron chi connectivity index (χ1n) is 9.05. The van der Waals surface area contributed by atoms with Gasteiger partial charge in [-0.25, -0.2) is 18.4 Å². The van der Waals surface area contributed by atoms with Gasteiger partial charge in [-0.3, -0.25) is 9.52 Å². The zero-order valence-corrected chi connectivity index (χ0v) is 19.0. The number of ether oxygens (including phenoxy) is 2. The van der Waals surface area contributed by atoms with E-state index in [1.165, 1.54) is 43.8 Å². The van der Waals surface area contributed by atoms with E-state index in [1.54, 1.807) is 18.2 Å². The van der Waals surface area contributed by atoms with Gasteiger partial charge in [0.15, 0.2) is 0 Å². The van der Waals surface area contributed by atoms with Crippen molar-refractivity contribution in [2.45, 2.75) is 11.8 Å². The van der Waals surface area contributed by atoms with Crippen LogP contribution in [-0.4, -0.2) is 38.0 Å². The molecule has 0 fully saturated rings. The fourth-order valence-electron chi connectivity index (χ4n) is 2.58. The normalized spacial score (nSPS) is 10.9. The molecule has 11 heteroatoms. The molecule has 1 heterocycles. The van der Waals surface area contributed by atoms with Crippen molar-refractivity contribution in [2.75, 3.05) is 23.8 Å². The van der Waals surface area contributed by atoms with Gasteiger partial charge in [0.05, 0.1) is 24.2 Å². The number of carbonyl (C=O) groups is 1. The number of amides is 1. The minimum absolute atomic E-state index is 0.000499. The van der Waals surface area contributed by atoms with E-state index in [0.717, 1.165) is 4.47 Å². The van der Waals surface area contributed by atoms with Gasteiger partial charge in [-0.05, 0) is 49.4 Å². The molecule has 0 radical (unpaired) electrons. The summed E-state index contributed by atoms with van der Waals surface area (Å²) in [4.78, 5) is 20.4. The highest BCUT2D eigenvalue weighted by Crippen LogP contribution is 2.25. The average molecular weight is 507 g/mol. The Bertz CT molecular complexity index is 1190. The first-order chi connectivity index (χ1) is 14.8. The number of aromatic nitrogens is 2. The van der Waals surface area contributed by atoms with Gasteiger partial charge in [0.25, 0.3) is 15.9 Å². The Morgan fingerprint density at radius 3 is 2.52 bits per heavy atom. The SMILES string of the molecule is CCOc1ccc(Br)cc1C(=O)Nc1ccc(S(=O)(=O)Nc2cc(OC)ncn2)cc1. The number of anilines is 2. The molecular formula is C20H19BrN4O5S. The van der Waals surface area contributed by atoms with Crippen molar-refractivity contribution in [3.8, 4) is 11.6 Å². The third-order valence-corrected chi connectivity index (χ3v) is 5.86. The monoisotopic (exact) mass is 506 g/mol. The van der Waals surface area contributed by atoms with Gasteiger partial charge in [0, 0.05) is 16.2 Å². The first-order valence-corrected chi connectivity index (χ1v) is 11.3. The third-order valence-electron chi connectivity index (χ3n) is 4.00. The number of hydrogen-bond donors (Lipinski definition) is 2. The second kappa shape index (κ2) is 9.75. The molecule has 2 aromatic carbocycles. The molecule has 0 saturated carbocycles. The maximum atomic E-state index is 12.7. The fourth-order valence-corrected chi connectivity index (χ4v) is 3.94. The summed E-state index contributed by atoms with van der Waals surface area (Å²) in [7, 11) is -2.47. The number of carbonyl (C=O) groups excluding carboxylic acids is 1. The number of nitrogens with one attached hydrogen (secondary N) is 2. The highest BCUT2D eigenvalue weighted by molar-refractivity contribution is 9.10. The summed E-state index contributed by atoms with van der Waals surface area (Å²) in [6, 6.07) is 12.2. The molecule has 0 saturated heterocycles. The lowest BCUT2D eigenvalue weighted by Crippen LogP contribution is -2.15. The van der Waals surface area contributed by atoms with Crippen molar-refractivity contribution in [2.24, 2.45) is 0 Å². The van der Waals surface area contributed by atoms with Gasteiger partial charge < -0.3 is 14.8 Å². The number of rotatable bonds is 8. The number of methoxy groups -OCH3 is 1. The zero-order chi connectivity index (χ0) is 22.4. The van der Waals surface area contributed by atoms with Crippen molar-refractivity contribution >= 4 is 43.4 Å². The molecule has 9 nitrogen and oxygen atoms in total. The van der Waals surface area contributed by atoms with Gasteiger partial charge in [-0.15, -0.1) is 0 Å². The van der Waals surface area contributed by atoms with Gasteiger partial charge in [0.2, 0.25) is 5.88 Å². The van der Waals surface area contributed by atoms with Crippen molar-refractivity contribution in [3.05, 3.63) is 64.9 Å². The Hall–Kier alpha value is -3.18. The van der Waals surface area contributed by atoms with E-state index >= 15 is 0 Å². The lowest BCUT2D eigenvalue weighted by atomic mass is 10.2. The number of hydrogen-bond acceptors (Lipinski definition) is 7. The Labute approximate surface area is 188 Å². The second-order valence-corrected chi connectivity index (χ2v) is 8.70. The highest BCUT2D eigenvalue weighted by Gasteiger charge is 2.17. The summed E-state index contributed by atoms with van der Waals surface area (Å²) < 4.78 is 38.7. The smallest absolute Gasteiger partial charge is 0.263 e. The number of halogens is 1. The van der Waals surface area contributed by atoms with Crippen LogP contribution in [0.2, 0.25) is 0 Å². The summed E-state index contributed by atoms with van der Waals surface area (Å²) in [6.45, 7) is 2.24. The molecule has 3 rings (SSSR count). The lowest BCUT2D eigenvalue weighted by molar-refractivity contribution is 0.102. The van der Waals surface area contributed by atoms with E-state index in [9.17, 15) is 13.2 Å². The predicted molar refractivity (Wildman–Crippen MR) is 119 cm³/mol. The molecule has 0 aliphatic carbocycles. The van der Waals surface area contributed by atoms with E-state index in [1.807, 2.05) is 6.92 Å². The number of nitrogens with zero attached hydrogens (tertiary/aromatic N) is 2. The van der Waals surface area contributed by atoms with E-state index in [-0.39, 0.29) is 22.5 Å². The predicted octanol–water partition coefficient (Wildman–Crippen LogP) is 3.70. The fraction of sp³-hybridized carbons (Fsp3) is 0.150. The van der Waals surface area contributed by atoms with Crippen LogP contribution in [0.25, 0.3) is 0 Å². The zero-order valence-electron chi connectivity index (χ0n) is 16.6. The molecule has 0 bridgehead atoms. The Balaban J connectivity index is 1.75. The maximum Gasteiger partial charge on any atom is 0.263 e. The summed E-state index contributed by atoms with van der Waals surface area (Å²) in [6.07, 6.45) is 1.19. The Kier molecular flexibility index (Phi) is 7.08. The minimum Gasteiger partial charge on any atom is -0.493 e. The standard InChI is InChI=1S/C20H19BrN4O5S/c1-3-30-17-9-4-13(21)10-16(17)20(26)24-14-5-7-15(8-6-14)31(27,28)25-18-11-19(29-2)23-12-22-18/h4-12H,3H2,1-2H3,(H,24,26)(H,22,23,25). The quantitative estimate of drug-likeness (QED) is 0.477. The lowest BCUT2D eigenvalue weighted by Gasteiger charge is -2.12. The molecule has 1 amide bonds. The minimum atomic E-state index is -3.89. The number of benzene rings is 2. The van der Waals surface area contributed by atoms with Gasteiger partial charge in [0.1, 0.15) is 17.9 Å². The maximum absolute atomic E-state index is 12.7. The summed E-state index contributed by atoms with van der Waals surface area (Å²) in [5.41, 5.74) is 0.780. The van der Waals surface area contributed by atoms with Crippen molar-refractivity contribution in [3.63, 3.8) is 0 Å². The molecule has 0 aliphatic heterocycles. The second-order valence-electron chi connectivity index (χ2n) is 6.10. The molecule has 0 aliphatic rings. The van der Waals surface area contributed by atoms with Crippen LogP contribution in [0.5, 0.6) is 11.6 Å².